The summed E-state index contributed by atoms with van der Waals surface area (Å²) in [6.45, 7) is 7.49. The molecule has 0 saturated carbocycles. The predicted molar refractivity (Wildman–Crippen MR) is 118 cm³/mol. The van der Waals surface area contributed by atoms with Gasteiger partial charge in [0, 0.05) is 43.1 Å². The van der Waals surface area contributed by atoms with Crippen molar-refractivity contribution in [1.82, 2.24) is 4.90 Å². The van der Waals surface area contributed by atoms with Gasteiger partial charge in [0.25, 0.3) is 0 Å². The number of ketones is 1. The second-order valence-corrected chi connectivity index (χ2v) is 8.12. The van der Waals surface area contributed by atoms with Crippen LogP contribution in [0.1, 0.15) is 24.2 Å². The molecule has 4 N–H and O–H groups in total. The number of Topliss-reactive ketones (excluding diaryl/α,β-unsaturated/α-hetero) is 1. The fourth-order valence-electron chi connectivity index (χ4n) is 3.45. The standard InChI is InChI=1S/C22H31N5O/c1-22(2,25(3)4)21(28)16-5-8-18(9-6-16)26-11-13-27(14-12-26)20-10-7-17(23)15-19(20)24/h5-10,15H,11-14,23-24H2,1-4H3. The van der Waals surface area contributed by atoms with Crippen LogP contribution in [-0.2, 0) is 0 Å². The zero-order chi connectivity index (χ0) is 20.5. The van der Waals surface area contributed by atoms with E-state index in [1.54, 1.807) is 0 Å². The van der Waals surface area contributed by atoms with Crippen LogP contribution in [-0.4, -0.2) is 56.5 Å². The fourth-order valence-corrected chi connectivity index (χ4v) is 3.45. The first-order valence-electron chi connectivity index (χ1n) is 9.67. The Morgan fingerprint density at radius 2 is 1.50 bits per heavy atom. The summed E-state index contributed by atoms with van der Waals surface area (Å²) in [5.74, 6) is 0.132. The number of likely N-dealkylation sites (N-methyl/N-ethyl adjacent to an activating group) is 1. The lowest BCUT2D eigenvalue weighted by atomic mass is 9.92. The molecular formula is C22H31N5O. The van der Waals surface area contributed by atoms with Crippen molar-refractivity contribution in [2.75, 3.05) is 61.5 Å². The molecule has 0 radical (unpaired) electrons. The summed E-state index contributed by atoms with van der Waals surface area (Å²) in [4.78, 5) is 19.4. The van der Waals surface area contributed by atoms with Crippen molar-refractivity contribution in [3.05, 3.63) is 48.0 Å². The van der Waals surface area contributed by atoms with Crippen molar-refractivity contribution in [1.29, 1.82) is 0 Å². The summed E-state index contributed by atoms with van der Waals surface area (Å²) in [5, 5.41) is 0. The molecule has 6 nitrogen and oxygen atoms in total. The first-order chi connectivity index (χ1) is 13.2. The van der Waals surface area contributed by atoms with Crippen LogP contribution < -0.4 is 21.3 Å². The minimum absolute atomic E-state index is 0.132. The Morgan fingerprint density at radius 1 is 0.929 bits per heavy atom. The van der Waals surface area contributed by atoms with E-state index in [9.17, 15) is 4.79 Å². The summed E-state index contributed by atoms with van der Waals surface area (Å²) in [7, 11) is 3.86. The van der Waals surface area contributed by atoms with E-state index in [0.29, 0.717) is 5.69 Å². The Bertz CT molecular complexity index is 837. The van der Waals surface area contributed by atoms with Gasteiger partial charge in [-0.25, -0.2) is 0 Å². The van der Waals surface area contributed by atoms with Crippen molar-refractivity contribution in [2.24, 2.45) is 0 Å². The Labute approximate surface area is 167 Å². The van der Waals surface area contributed by atoms with E-state index in [1.165, 1.54) is 0 Å². The van der Waals surface area contributed by atoms with Gasteiger partial charge in [-0.3, -0.25) is 9.69 Å². The van der Waals surface area contributed by atoms with Crippen LogP contribution in [0.25, 0.3) is 0 Å². The van der Waals surface area contributed by atoms with Gasteiger partial charge >= 0.3 is 0 Å². The van der Waals surface area contributed by atoms with Crippen LogP contribution in [0.5, 0.6) is 0 Å². The third-order valence-electron chi connectivity index (χ3n) is 5.84. The van der Waals surface area contributed by atoms with Gasteiger partial charge in [0.2, 0.25) is 0 Å². The molecule has 2 aromatic carbocycles. The van der Waals surface area contributed by atoms with Crippen molar-refractivity contribution < 1.29 is 4.79 Å². The lowest BCUT2D eigenvalue weighted by molar-refractivity contribution is 0.0755. The van der Waals surface area contributed by atoms with Gasteiger partial charge in [-0.15, -0.1) is 0 Å². The van der Waals surface area contributed by atoms with Crippen LogP contribution in [0.3, 0.4) is 0 Å². The largest absolute Gasteiger partial charge is 0.399 e. The highest BCUT2D eigenvalue weighted by molar-refractivity contribution is 6.02. The molecule has 0 aromatic heterocycles. The Kier molecular flexibility index (Phi) is 5.52. The average molecular weight is 382 g/mol. The number of nitrogens with two attached hydrogens (primary N) is 2. The molecule has 2 aromatic rings. The normalized spacial score (nSPS) is 15.2. The van der Waals surface area contributed by atoms with E-state index >= 15 is 0 Å². The molecule has 1 heterocycles. The van der Waals surface area contributed by atoms with Crippen molar-refractivity contribution >= 4 is 28.5 Å². The van der Waals surface area contributed by atoms with Gasteiger partial charge < -0.3 is 21.3 Å². The summed E-state index contributed by atoms with van der Waals surface area (Å²) in [5.41, 5.74) is 15.7. The number of rotatable bonds is 5. The zero-order valence-electron chi connectivity index (χ0n) is 17.3. The number of hydrogen-bond acceptors (Lipinski definition) is 6. The quantitative estimate of drug-likeness (QED) is 0.612. The molecule has 1 aliphatic rings. The van der Waals surface area contributed by atoms with Gasteiger partial charge in [0.1, 0.15) is 0 Å². The maximum atomic E-state index is 12.8. The van der Waals surface area contributed by atoms with E-state index in [2.05, 4.69) is 9.80 Å². The number of nitrogens with zero attached hydrogens (tertiary/aromatic N) is 3. The molecule has 0 bridgehead atoms. The topological polar surface area (TPSA) is 78.8 Å². The number of carbonyl (C=O) groups excluding carboxylic acids is 1. The number of hydrogen-bond donors (Lipinski definition) is 2. The minimum Gasteiger partial charge on any atom is -0.399 e. The zero-order valence-corrected chi connectivity index (χ0v) is 17.3. The van der Waals surface area contributed by atoms with Gasteiger partial charge in [-0.05, 0) is 70.4 Å². The van der Waals surface area contributed by atoms with Crippen LogP contribution >= 0.6 is 0 Å². The molecule has 3 rings (SSSR count). The van der Waals surface area contributed by atoms with Gasteiger partial charge in [-0.2, -0.15) is 0 Å². The Morgan fingerprint density at radius 3 is 2.04 bits per heavy atom. The average Bonchev–Trinajstić information content (AvgIpc) is 2.67. The molecule has 1 aliphatic heterocycles. The third kappa shape index (κ3) is 3.92. The van der Waals surface area contributed by atoms with Crippen LogP contribution in [0.15, 0.2) is 42.5 Å². The van der Waals surface area contributed by atoms with E-state index in [0.717, 1.165) is 48.8 Å². The second kappa shape index (κ2) is 7.72. The summed E-state index contributed by atoms with van der Waals surface area (Å²) in [6, 6.07) is 13.7. The fraction of sp³-hybridized carbons (Fsp3) is 0.409. The lowest BCUT2D eigenvalue weighted by Crippen LogP contribution is -2.47. The molecule has 0 amide bonds. The molecule has 150 valence electrons. The highest BCUT2D eigenvalue weighted by Crippen LogP contribution is 2.28. The van der Waals surface area contributed by atoms with E-state index in [1.807, 2.05) is 75.3 Å². The predicted octanol–water partition coefficient (Wildman–Crippen LogP) is 2.70. The number of nitrogen functional groups attached to an aromatic ring is 2. The minimum atomic E-state index is -0.522. The monoisotopic (exact) mass is 381 g/mol. The van der Waals surface area contributed by atoms with Gasteiger partial charge in [0.05, 0.1) is 16.9 Å². The maximum Gasteiger partial charge on any atom is 0.182 e. The van der Waals surface area contributed by atoms with Crippen molar-refractivity contribution in [3.63, 3.8) is 0 Å². The lowest BCUT2D eigenvalue weighted by Gasteiger charge is -2.38. The highest BCUT2D eigenvalue weighted by Gasteiger charge is 2.30. The second-order valence-electron chi connectivity index (χ2n) is 8.12. The molecule has 6 heteroatoms. The summed E-state index contributed by atoms with van der Waals surface area (Å²) >= 11 is 0. The van der Waals surface area contributed by atoms with Crippen LogP contribution in [0.2, 0.25) is 0 Å². The molecular weight excluding hydrogens is 350 g/mol. The molecule has 1 saturated heterocycles. The van der Waals surface area contributed by atoms with E-state index in [-0.39, 0.29) is 5.78 Å². The van der Waals surface area contributed by atoms with Crippen LogP contribution in [0.4, 0.5) is 22.7 Å². The number of benzene rings is 2. The SMILES string of the molecule is CN(C)C(C)(C)C(=O)c1ccc(N2CCN(c3ccc(N)cc3N)CC2)cc1. The Hall–Kier alpha value is -2.73. The number of carbonyl (C=O) groups is 1. The van der Waals surface area contributed by atoms with Gasteiger partial charge in [-0.1, -0.05) is 0 Å². The van der Waals surface area contributed by atoms with Crippen LogP contribution in [0, 0.1) is 0 Å². The molecule has 0 atom stereocenters. The molecule has 0 spiro atoms. The Balaban J connectivity index is 1.66. The smallest absolute Gasteiger partial charge is 0.182 e. The van der Waals surface area contributed by atoms with Crippen molar-refractivity contribution in [3.8, 4) is 0 Å². The number of piperazine rings is 1. The molecule has 28 heavy (non-hydrogen) atoms. The highest BCUT2D eigenvalue weighted by atomic mass is 16.1. The van der Waals surface area contributed by atoms with E-state index < -0.39 is 5.54 Å². The summed E-state index contributed by atoms with van der Waals surface area (Å²) < 4.78 is 0. The first-order valence-corrected chi connectivity index (χ1v) is 9.67. The summed E-state index contributed by atoms with van der Waals surface area (Å²) in [6.07, 6.45) is 0. The maximum absolute atomic E-state index is 12.8. The van der Waals surface area contributed by atoms with Crippen molar-refractivity contribution in [2.45, 2.75) is 19.4 Å². The first kappa shape index (κ1) is 20.0. The van der Waals surface area contributed by atoms with Gasteiger partial charge in [0.15, 0.2) is 5.78 Å². The molecule has 0 aliphatic carbocycles. The number of anilines is 4. The van der Waals surface area contributed by atoms with E-state index in [4.69, 9.17) is 11.5 Å². The molecule has 0 unspecified atom stereocenters. The molecule has 1 fully saturated rings. The third-order valence-corrected chi connectivity index (χ3v) is 5.84.